The van der Waals surface area contributed by atoms with Crippen molar-refractivity contribution < 1.29 is 4.79 Å². The first kappa shape index (κ1) is 26.4. The molecule has 0 radical (unpaired) electrons. The summed E-state index contributed by atoms with van der Waals surface area (Å²) in [6, 6.07) is 18.0. The van der Waals surface area contributed by atoms with E-state index in [1.165, 1.54) is 0 Å². The number of anilines is 4. The number of hydrogen-bond acceptors (Lipinski definition) is 7. The molecule has 5 heterocycles. The fourth-order valence-electron chi connectivity index (χ4n) is 5.70. The van der Waals surface area contributed by atoms with E-state index in [-0.39, 0.29) is 5.91 Å². The second-order valence-corrected chi connectivity index (χ2v) is 11.1. The normalized spacial score (nSPS) is 12.7. The number of pyridine rings is 1. The summed E-state index contributed by atoms with van der Waals surface area (Å²) in [5.74, 6) is 2.01. The van der Waals surface area contributed by atoms with E-state index in [1.54, 1.807) is 4.68 Å². The Labute approximate surface area is 249 Å². The molecular formula is C33H31N9O. The van der Waals surface area contributed by atoms with Crippen LogP contribution in [-0.4, -0.2) is 49.7 Å². The molecule has 0 atom stereocenters. The standard InChI is InChI=1S/C33H31N9O/c1-19-16-36-33(37-28-14-20(2)41(5)39-28)38-30(19)25-17-35-31-23(25)9-7-11-27(31)42-18-26-22(8-6-10-24(26)32(42)43)21-12-13-34-29(15-21)40(3)4/h6-17,35H,18H2,1-5H3,(H,36,37,38,39). The quantitative estimate of drug-likeness (QED) is 0.253. The highest BCUT2D eigenvalue weighted by Gasteiger charge is 2.32. The van der Waals surface area contributed by atoms with Crippen LogP contribution in [0.4, 0.5) is 23.3 Å². The van der Waals surface area contributed by atoms with Gasteiger partial charge in [-0.1, -0.05) is 24.3 Å². The minimum atomic E-state index is -0.0160. The van der Waals surface area contributed by atoms with Crippen molar-refractivity contribution in [3.63, 3.8) is 0 Å². The van der Waals surface area contributed by atoms with Crippen LogP contribution in [0.25, 0.3) is 33.3 Å². The lowest BCUT2D eigenvalue weighted by molar-refractivity contribution is 0.0997. The van der Waals surface area contributed by atoms with Gasteiger partial charge >= 0.3 is 0 Å². The molecule has 2 N–H and O–H groups in total. The number of nitrogens with zero attached hydrogens (tertiary/aromatic N) is 7. The summed E-state index contributed by atoms with van der Waals surface area (Å²) in [7, 11) is 5.84. The highest BCUT2D eigenvalue weighted by atomic mass is 16.2. The Morgan fingerprint density at radius 1 is 0.977 bits per heavy atom. The van der Waals surface area contributed by atoms with Gasteiger partial charge in [0, 0.05) is 68.0 Å². The van der Waals surface area contributed by atoms with Crippen LogP contribution in [-0.2, 0) is 13.6 Å². The molecule has 1 aliphatic rings. The number of carbonyl (C=O) groups excluding carboxylic acids is 1. The van der Waals surface area contributed by atoms with Crippen LogP contribution in [0.1, 0.15) is 27.2 Å². The highest BCUT2D eigenvalue weighted by molar-refractivity contribution is 6.15. The van der Waals surface area contributed by atoms with Gasteiger partial charge < -0.3 is 20.1 Å². The summed E-state index contributed by atoms with van der Waals surface area (Å²) < 4.78 is 1.80. The number of nitrogens with one attached hydrogen (secondary N) is 2. The summed E-state index contributed by atoms with van der Waals surface area (Å²) >= 11 is 0. The number of aromatic amines is 1. The van der Waals surface area contributed by atoms with E-state index in [9.17, 15) is 4.79 Å². The van der Waals surface area contributed by atoms with Crippen LogP contribution in [0.5, 0.6) is 0 Å². The average molecular weight is 570 g/mol. The van der Waals surface area contributed by atoms with Gasteiger partial charge in [-0.25, -0.2) is 15.0 Å². The summed E-state index contributed by atoms with van der Waals surface area (Å²) in [6.07, 6.45) is 5.58. The minimum absolute atomic E-state index is 0.0160. The van der Waals surface area contributed by atoms with Gasteiger partial charge in [0.25, 0.3) is 5.91 Å². The van der Waals surface area contributed by atoms with Gasteiger partial charge in [0.1, 0.15) is 5.82 Å². The van der Waals surface area contributed by atoms with E-state index in [2.05, 4.69) is 43.6 Å². The maximum Gasteiger partial charge on any atom is 0.259 e. The lowest BCUT2D eigenvalue weighted by Gasteiger charge is -2.17. The zero-order valence-corrected chi connectivity index (χ0v) is 24.7. The first-order chi connectivity index (χ1) is 20.8. The SMILES string of the molecule is Cc1cnc(Nc2cc(C)n(C)n2)nc1-c1c[nH]c2c(N3Cc4c(cccc4-c4ccnc(N(C)C)c4)C3=O)cccc12. The number of aromatic nitrogens is 6. The maximum absolute atomic E-state index is 13.8. The number of amides is 1. The van der Waals surface area contributed by atoms with Crippen molar-refractivity contribution >= 4 is 40.1 Å². The second kappa shape index (κ2) is 10.1. The van der Waals surface area contributed by atoms with E-state index in [4.69, 9.17) is 4.98 Å². The number of fused-ring (bicyclic) bond motifs is 2. The smallest absolute Gasteiger partial charge is 0.259 e. The number of aryl methyl sites for hydroxylation is 3. The highest BCUT2D eigenvalue weighted by Crippen LogP contribution is 2.40. The molecule has 0 bridgehead atoms. The lowest BCUT2D eigenvalue weighted by atomic mass is 9.97. The van der Waals surface area contributed by atoms with Crippen molar-refractivity contribution in [2.24, 2.45) is 7.05 Å². The Morgan fingerprint density at radius 2 is 1.79 bits per heavy atom. The zero-order chi connectivity index (χ0) is 29.8. The van der Waals surface area contributed by atoms with Gasteiger partial charge in [-0.2, -0.15) is 5.10 Å². The van der Waals surface area contributed by atoms with Crippen LogP contribution in [0.15, 0.2) is 73.2 Å². The first-order valence-electron chi connectivity index (χ1n) is 14.1. The van der Waals surface area contributed by atoms with Crippen molar-refractivity contribution in [1.82, 2.24) is 29.7 Å². The van der Waals surface area contributed by atoms with E-state index in [0.717, 1.165) is 67.2 Å². The van der Waals surface area contributed by atoms with Crippen molar-refractivity contribution in [1.29, 1.82) is 0 Å². The fourth-order valence-corrected chi connectivity index (χ4v) is 5.70. The first-order valence-corrected chi connectivity index (χ1v) is 14.1. The Balaban J connectivity index is 1.25. The second-order valence-electron chi connectivity index (χ2n) is 11.1. The monoisotopic (exact) mass is 569 g/mol. The molecule has 6 aromatic rings. The molecule has 43 heavy (non-hydrogen) atoms. The van der Waals surface area contributed by atoms with E-state index in [0.29, 0.717) is 18.3 Å². The third-order valence-electron chi connectivity index (χ3n) is 8.05. The molecule has 2 aromatic carbocycles. The lowest BCUT2D eigenvalue weighted by Crippen LogP contribution is -2.23. The summed E-state index contributed by atoms with van der Waals surface area (Å²) in [5, 5.41) is 8.66. The fraction of sp³-hybridized carbons (Fsp3) is 0.182. The van der Waals surface area contributed by atoms with E-state index < -0.39 is 0 Å². The van der Waals surface area contributed by atoms with E-state index >= 15 is 0 Å². The molecule has 10 heteroatoms. The molecule has 1 aliphatic heterocycles. The third-order valence-corrected chi connectivity index (χ3v) is 8.05. The van der Waals surface area contributed by atoms with Crippen molar-refractivity contribution in [3.05, 3.63) is 95.6 Å². The number of H-pyrrole nitrogens is 1. The molecule has 0 saturated heterocycles. The molecule has 0 spiro atoms. The van der Waals surface area contributed by atoms with Crippen LogP contribution in [0, 0.1) is 13.8 Å². The number of hydrogen-bond donors (Lipinski definition) is 2. The molecule has 4 aromatic heterocycles. The average Bonchev–Trinajstić information content (AvgIpc) is 3.68. The molecule has 0 aliphatic carbocycles. The molecule has 0 fully saturated rings. The number of benzene rings is 2. The molecule has 1 amide bonds. The number of para-hydroxylation sites is 1. The maximum atomic E-state index is 13.8. The third kappa shape index (κ3) is 4.47. The minimum Gasteiger partial charge on any atom is -0.363 e. The van der Waals surface area contributed by atoms with Crippen LogP contribution in [0.3, 0.4) is 0 Å². The summed E-state index contributed by atoms with van der Waals surface area (Å²) in [4.78, 5) is 34.9. The predicted molar refractivity (Wildman–Crippen MR) is 170 cm³/mol. The van der Waals surface area contributed by atoms with E-state index in [1.807, 2.05) is 99.8 Å². The number of rotatable bonds is 6. The topological polar surface area (TPSA) is 108 Å². The van der Waals surface area contributed by atoms with Gasteiger partial charge in [-0.05, 0) is 60.4 Å². The molecular weight excluding hydrogens is 538 g/mol. The molecule has 10 nitrogen and oxygen atoms in total. The molecule has 0 unspecified atom stereocenters. The van der Waals surface area contributed by atoms with Crippen LogP contribution in [0.2, 0.25) is 0 Å². The number of carbonyl (C=O) groups is 1. The Morgan fingerprint density at radius 3 is 2.58 bits per heavy atom. The zero-order valence-electron chi connectivity index (χ0n) is 24.7. The summed E-state index contributed by atoms with van der Waals surface area (Å²) in [6.45, 7) is 4.46. The largest absolute Gasteiger partial charge is 0.363 e. The van der Waals surface area contributed by atoms with Crippen molar-refractivity contribution in [2.45, 2.75) is 20.4 Å². The van der Waals surface area contributed by atoms with Gasteiger partial charge in [0.2, 0.25) is 5.95 Å². The van der Waals surface area contributed by atoms with Gasteiger partial charge in [-0.15, -0.1) is 0 Å². The Hall–Kier alpha value is -5.51. The molecule has 0 saturated carbocycles. The van der Waals surface area contributed by atoms with Gasteiger partial charge in [0.05, 0.1) is 23.4 Å². The summed E-state index contributed by atoms with van der Waals surface area (Å²) in [5.41, 5.74) is 9.24. The van der Waals surface area contributed by atoms with Crippen LogP contribution >= 0.6 is 0 Å². The van der Waals surface area contributed by atoms with Gasteiger partial charge in [0.15, 0.2) is 5.82 Å². The van der Waals surface area contributed by atoms with Crippen molar-refractivity contribution in [2.75, 3.05) is 29.2 Å². The van der Waals surface area contributed by atoms with Crippen LogP contribution < -0.4 is 15.1 Å². The molecule has 214 valence electrons. The predicted octanol–water partition coefficient (Wildman–Crippen LogP) is 6.01. The van der Waals surface area contributed by atoms with Gasteiger partial charge in [-0.3, -0.25) is 9.48 Å². The Bertz CT molecular complexity index is 2020. The molecule has 7 rings (SSSR count). The Kier molecular flexibility index (Phi) is 6.19. The van der Waals surface area contributed by atoms with Crippen molar-refractivity contribution in [3.8, 4) is 22.4 Å².